The SMILES string of the molecule is CCCCC(=O)N(C)c1ccc(Br)cn1. The van der Waals surface area contributed by atoms with Crippen molar-refractivity contribution in [1.82, 2.24) is 4.98 Å². The molecule has 3 nitrogen and oxygen atoms in total. The third kappa shape index (κ3) is 3.63. The van der Waals surface area contributed by atoms with Gasteiger partial charge < -0.3 is 0 Å². The Hall–Kier alpha value is -0.900. The topological polar surface area (TPSA) is 33.2 Å². The van der Waals surface area contributed by atoms with E-state index in [0.29, 0.717) is 12.2 Å². The van der Waals surface area contributed by atoms with Gasteiger partial charge in [0.2, 0.25) is 5.91 Å². The van der Waals surface area contributed by atoms with E-state index in [4.69, 9.17) is 0 Å². The van der Waals surface area contributed by atoms with Crippen LogP contribution >= 0.6 is 15.9 Å². The van der Waals surface area contributed by atoms with E-state index in [0.717, 1.165) is 17.3 Å². The van der Waals surface area contributed by atoms with Crippen LogP contribution in [0.5, 0.6) is 0 Å². The molecule has 0 aromatic carbocycles. The molecule has 1 amide bonds. The highest BCUT2D eigenvalue weighted by Crippen LogP contribution is 2.14. The van der Waals surface area contributed by atoms with E-state index in [2.05, 4.69) is 27.8 Å². The van der Waals surface area contributed by atoms with Crippen molar-refractivity contribution < 1.29 is 4.79 Å². The number of hydrogen-bond acceptors (Lipinski definition) is 2. The van der Waals surface area contributed by atoms with Crippen molar-refractivity contribution in [2.24, 2.45) is 0 Å². The van der Waals surface area contributed by atoms with E-state index in [1.165, 1.54) is 0 Å². The standard InChI is InChI=1S/C11H15BrN2O/c1-3-4-5-11(15)14(2)10-7-6-9(12)8-13-10/h6-8H,3-5H2,1-2H3. The molecule has 0 spiro atoms. The van der Waals surface area contributed by atoms with Crippen LogP contribution in [0.3, 0.4) is 0 Å². The van der Waals surface area contributed by atoms with Gasteiger partial charge in [0, 0.05) is 24.1 Å². The fourth-order valence-electron chi connectivity index (χ4n) is 1.19. The molecule has 0 radical (unpaired) electrons. The van der Waals surface area contributed by atoms with Gasteiger partial charge >= 0.3 is 0 Å². The molecule has 0 aliphatic heterocycles. The maximum absolute atomic E-state index is 11.7. The minimum atomic E-state index is 0.117. The second-order valence-corrected chi connectivity index (χ2v) is 4.31. The first-order chi connectivity index (χ1) is 7.15. The Kier molecular flexibility index (Phi) is 4.75. The summed E-state index contributed by atoms with van der Waals surface area (Å²) < 4.78 is 0.917. The fraction of sp³-hybridized carbons (Fsp3) is 0.455. The Labute approximate surface area is 98.6 Å². The van der Waals surface area contributed by atoms with Gasteiger partial charge in [-0.15, -0.1) is 0 Å². The van der Waals surface area contributed by atoms with Crippen LogP contribution in [-0.4, -0.2) is 17.9 Å². The van der Waals surface area contributed by atoms with Gasteiger partial charge in [-0.3, -0.25) is 9.69 Å². The van der Waals surface area contributed by atoms with Crippen LogP contribution in [0.1, 0.15) is 26.2 Å². The minimum absolute atomic E-state index is 0.117. The molecule has 0 aliphatic carbocycles. The lowest BCUT2D eigenvalue weighted by Crippen LogP contribution is -2.26. The zero-order valence-corrected chi connectivity index (χ0v) is 10.6. The average Bonchev–Trinajstić information content (AvgIpc) is 2.26. The summed E-state index contributed by atoms with van der Waals surface area (Å²) >= 11 is 3.31. The fourth-order valence-corrected chi connectivity index (χ4v) is 1.42. The summed E-state index contributed by atoms with van der Waals surface area (Å²) in [7, 11) is 1.76. The maximum Gasteiger partial charge on any atom is 0.227 e. The lowest BCUT2D eigenvalue weighted by molar-refractivity contribution is -0.118. The van der Waals surface area contributed by atoms with Crippen LogP contribution in [0, 0.1) is 0 Å². The molecule has 15 heavy (non-hydrogen) atoms. The molecule has 1 aromatic rings. The van der Waals surface area contributed by atoms with Crippen molar-refractivity contribution in [3.8, 4) is 0 Å². The highest BCUT2D eigenvalue weighted by molar-refractivity contribution is 9.10. The third-order valence-electron chi connectivity index (χ3n) is 2.17. The summed E-state index contributed by atoms with van der Waals surface area (Å²) in [6, 6.07) is 3.71. The zero-order valence-electron chi connectivity index (χ0n) is 9.03. The molecule has 0 unspecified atom stereocenters. The molecule has 0 saturated heterocycles. The molecule has 0 saturated carbocycles. The molecule has 4 heteroatoms. The van der Waals surface area contributed by atoms with Crippen molar-refractivity contribution >= 4 is 27.7 Å². The first-order valence-corrected chi connectivity index (χ1v) is 5.82. The normalized spacial score (nSPS) is 10.1. The third-order valence-corrected chi connectivity index (χ3v) is 2.64. The summed E-state index contributed by atoms with van der Waals surface area (Å²) in [4.78, 5) is 17.4. The molecule has 0 aliphatic rings. The first-order valence-electron chi connectivity index (χ1n) is 5.03. The quantitative estimate of drug-likeness (QED) is 0.843. The van der Waals surface area contributed by atoms with E-state index in [9.17, 15) is 4.79 Å². The average molecular weight is 271 g/mol. The van der Waals surface area contributed by atoms with Gasteiger partial charge in [-0.1, -0.05) is 13.3 Å². The smallest absolute Gasteiger partial charge is 0.227 e. The zero-order chi connectivity index (χ0) is 11.3. The molecule has 1 heterocycles. The van der Waals surface area contributed by atoms with Crippen molar-refractivity contribution in [3.05, 3.63) is 22.8 Å². The summed E-state index contributed by atoms with van der Waals surface area (Å²) in [5, 5.41) is 0. The highest BCUT2D eigenvalue weighted by atomic mass is 79.9. The van der Waals surface area contributed by atoms with Gasteiger partial charge in [0.05, 0.1) is 0 Å². The van der Waals surface area contributed by atoms with Crippen molar-refractivity contribution in [3.63, 3.8) is 0 Å². The Morgan fingerprint density at radius 2 is 2.27 bits per heavy atom. The molecule has 82 valence electrons. The van der Waals surface area contributed by atoms with Crippen LogP contribution < -0.4 is 4.90 Å². The van der Waals surface area contributed by atoms with Crippen molar-refractivity contribution in [2.45, 2.75) is 26.2 Å². The molecule has 0 bridgehead atoms. The van der Waals surface area contributed by atoms with E-state index >= 15 is 0 Å². The number of hydrogen-bond donors (Lipinski definition) is 0. The number of anilines is 1. The van der Waals surface area contributed by atoms with E-state index < -0.39 is 0 Å². The van der Waals surface area contributed by atoms with Crippen molar-refractivity contribution in [2.75, 3.05) is 11.9 Å². The van der Waals surface area contributed by atoms with Crippen LogP contribution in [-0.2, 0) is 4.79 Å². The number of nitrogens with zero attached hydrogens (tertiary/aromatic N) is 2. The lowest BCUT2D eigenvalue weighted by Gasteiger charge is -2.15. The predicted molar refractivity (Wildman–Crippen MR) is 64.9 cm³/mol. The van der Waals surface area contributed by atoms with Crippen LogP contribution in [0.25, 0.3) is 0 Å². The monoisotopic (exact) mass is 270 g/mol. The molecule has 0 fully saturated rings. The number of carbonyl (C=O) groups is 1. The molecular weight excluding hydrogens is 256 g/mol. The second-order valence-electron chi connectivity index (χ2n) is 3.39. The lowest BCUT2D eigenvalue weighted by atomic mass is 10.2. The largest absolute Gasteiger partial charge is 0.300 e. The number of carbonyl (C=O) groups excluding carboxylic acids is 1. The van der Waals surface area contributed by atoms with Gasteiger partial charge in [-0.05, 0) is 34.5 Å². The minimum Gasteiger partial charge on any atom is -0.300 e. The Morgan fingerprint density at radius 3 is 2.80 bits per heavy atom. The number of aromatic nitrogens is 1. The first kappa shape index (κ1) is 12.2. The van der Waals surface area contributed by atoms with Gasteiger partial charge in [-0.25, -0.2) is 4.98 Å². The molecule has 0 atom stereocenters. The number of halogens is 1. The van der Waals surface area contributed by atoms with E-state index in [1.54, 1.807) is 18.1 Å². The highest BCUT2D eigenvalue weighted by Gasteiger charge is 2.10. The Balaban J connectivity index is 2.63. The molecular formula is C11H15BrN2O. The van der Waals surface area contributed by atoms with Gasteiger partial charge in [0.15, 0.2) is 0 Å². The van der Waals surface area contributed by atoms with E-state index in [1.807, 2.05) is 12.1 Å². The second kappa shape index (κ2) is 5.85. The van der Waals surface area contributed by atoms with Crippen molar-refractivity contribution in [1.29, 1.82) is 0 Å². The Morgan fingerprint density at radius 1 is 1.53 bits per heavy atom. The summed E-state index contributed by atoms with van der Waals surface area (Å²) in [6.45, 7) is 2.07. The molecule has 1 rings (SSSR count). The number of unbranched alkanes of at least 4 members (excludes halogenated alkanes) is 1. The van der Waals surface area contributed by atoms with E-state index in [-0.39, 0.29) is 5.91 Å². The molecule has 0 N–H and O–H groups in total. The summed E-state index contributed by atoms with van der Waals surface area (Å²) in [5.74, 6) is 0.811. The summed E-state index contributed by atoms with van der Waals surface area (Å²) in [6.07, 6.45) is 4.25. The number of amides is 1. The number of rotatable bonds is 4. The summed E-state index contributed by atoms with van der Waals surface area (Å²) in [5.41, 5.74) is 0. The van der Waals surface area contributed by atoms with Gasteiger partial charge in [-0.2, -0.15) is 0 Å². The molecule has 1 aromatic heterocycles. The van der Waals surface area contributed by atoms with Gasteiger partial charge in [0.1, 0.15) is 5.82 Å². The van der Waals surface area contributed by atoms with Gasteiger partial charge in [0.25, 0.3) is 0 Å². The number of pyridine rings is 1. The predicted octanol–water partition coefficient (Wildman–Crippen LogP) is 3.00. The Bertz CT molecular complexity index is 324. The van der Waals surface area contributed by atoms with Crippen LogP contribution in [0.2, 0.25) is 0 Å². The maximum atomic E-state index is 11.7. The van der Waals surface area contributed by atoms with Crippen LogP contribution in [0.15, 0.2) is 22.8 Å². The van der Waals surface area contributed by atoms with Crippen LogP contribution in [0.4, 0.5) is 5.82 Å².